The normalized spacial score (nSPS) is 11.0. The highest BCUT2D eigenvalue weighted by atomic mass is 16.5. The van der Waals surface area contributed by atoms with Crippen molar-refractivity contribution in [2.24, 2.45) is 10.7 Å². The molecule has 0 fully saturated rings. The number of amides is 1. The van der Waals surface area contributed by atoms with Gasteiger partial charge in [0, 0.05) is 12.7 Å². The summed E-state index contributed by atoms with van der Waals surface area (Å²) in [5.41, 5.74) is 6.86. The molecule has 0 saturated heterocycles. The van der Waals surface area contributed by atoms with Crippen LogP contribution >= 0.6 is 0 Å². The van der Waals surface area contributed by atoms with Crippen LogP contribution in [0.1, 0.15) is 24.3 Å². The van der Waals surface area contributed by atoms with Gasteiger partial charge in [-0.15, -0.1) is 0 Å². The van der Waals surface area contributed by atoms with E-state index in [0.29, 0.717) is 12.4 Å². The summed E-state index contributed by atoms with van der Waals surface area (Å²) in [7, 11) is 1.49. The molecule has 0 atom stereocenters. The fourth-order valence-electron chi connectivity index (χ4n) is 1.54. The number of hydrogen-bond acceptors (Lipinski definition) is 5. The molecule has 0 saturated carbocycles. The van der Waals surface area contributed by atoms with Gasteiger partial charge in [0.25, 0.3) is 5.91 Å². The SMILES string of the molecule is C=N/C(C)=C\N(CC)c1ccc(C(N)=O)nc1OC. The van der Waals surface area contributed by atoms with Crippen LogP contribution in [-0.4, -0.2) is 31.3 Å². The molecule has 6 nitrogen and oxygen atoms in total. The summed E-state index contributed by atoms with van der Waals surface area (Å²) in [6, 6.07) is 3.30. The maximum atomic E-state index is 11.1. The lowest BCUT2D eigenvalue weighted by Crippen LogP contribution is -2.19. The Morgan fingerprint density at radius 3 is 2.79 bits per heavy atom. The summed E-state index contributed by atoms with van der Waals surface area (Å²) >= 11 is 0. The number of hydrogen-bond donors (Lipinski definition) is 1. The van der Waals surface area contributed by atoms with Crippen LogP contribution in [0.3, 0.4) is 0 Å². The number of pyridine rings is 1. The minimum atomic E-state index is -0.590. The summed E-state index contributed by atoms with van der Waals surface area (Å²) < 4.78 is 5.20. The zero-order valence-corrected chi connectivity index (χ0v) is 11.4. The van der Waals surface area contributed by atoms with E-state index in [0.717, 1.165) is 11.4 Å². The van der Waals surface area contributed by atoms with Crippen LogP contribution in [0.4, 0.5) is 5.69 Å². The first-order chi connectivity index (χ1) is 9.03. The topological polar surface area (TPSA) is 80.8 Å². The van der Waals surface area contributed by atoms with Gasteiger partial charge in [-0.05, 0) is 32.7 Å². The van der Waals surface area contributed by atoms with Crippen LogP contribution in [0, 0.1) is 0 Å². The molecule has 2 N–H and O–H groups in total. The second-order valence-electron chi connectivity index (χ2n) is 3.80. The van der Waals surface area contributed by atoms with Crippen LogP contribution in [0.5, 0.6) is 5.88 Å². The summed E-state index contributed by atoms with van der Waals surface area (Å²) in [4.78, 5) is 20.9. The second-order valence-corrected chi connectivity index (χ2v) is 3.80. The molecule has 0 aliphatic heterocycles. The molecule has 19 heavy (non-hydrogen) atoms. The van der Waals surface area contributed by atoms with E-state index in [-0.39, 0.29) is 5.69 Å². The van der Waals surface area contributed by atoms with Gasteiger partial charge in [0.15, 0.2) is 0 Å². The third-order valence-corrected chi connectivity index (χ3v) is 2.53. The number of carbonyl (C=O) groups is 1. The maximum Gasteiger partial charge on any atom is 0.267 e. The molecule has 0 aliphatic rings. The van der Waals surface area contributed by atoms with E-state index < -0.39 is 5.91 Å². The molecule has 1 aromatic heterocycles. The van der Waals surface area contributed by atoms with Gasteiger partial charge < -0.3 is 15.4 Å². The Kier molecular flexibility index (Phi) is 5.05. The number of anilines is 1. The Balaban J connectivity index is 3.24. The molecule has 0 unspecified atom stereocenters. The van der Waals surface area contributed by atoms with Gasteiger partial charge in [-0.25, -0.2) is 4.98 Å². The summed E-state index contributed by atoms with van der Waals surface area (Å²) in [5.74, 6) is -0.251. The molecule has 6 heteroatoms. The highest BCUT2D eigenvalue weighted by molar-refractivity contribution is 5.91. The minimum absolute atomic E-state index is 0.166. The second kappa shape index (κ2) is 6.53. The first kappa shape index (κ1) is 14.7. The summed E-state index contributed by atoms with van der Waals surface area (Å²) in [6.45, 7) is 7.98. The van der Waals surface area contributed by atoms with Crippen molar-refractivity contribution >= 4 is 18.3 Å². The smallest absolute Gasteiger partial charge is 0.267 e. The van der Waals surface area contributed by atoms with Gasteiger partial charge in [-0.1, -0.05) is 0 Å². The average molecular weight is 262 g/mol. The molecule has 0 aliphatic carbocycles. The van der Waals surface area contributed by atoms with E-state index in [2.05, 4.69) is 16.7 Å². The number of ether oxygens (including phenoxy) is 1. The average Bonchev–Trinajstić information content (AvgIpc) is 2.43. The van der Waals surface area contributed by atoms with Gasteiger partial charge in [0.2, 0.25) is 5.88 Å². The van der Waals surface area contributed by atoms with E-state index in [1.54, 1.807) is 12.1 Å². The zero-order valence-electron chi connectivity index (χ0n) is 11.4. The molecule has 1 amide bonds. The molecule has 0 bridgehead atoms. The number of carbonyl (C=O) groups excluding carboxylic acids is 1. The van der Waals surface area contributed by atoms with Crippen molar-refractivity contribution in [1.82, 2.24) is 4.98 Å². The van der Waals surface area contributed by atoms with Crippen molar-refractivity contribution in [3.63, 3.8) is 0 Å². The highest BCUT2D eigenvalue weighted by Crippen LogP contribution is 2.27. The van der Waals surface area contributed by atoms with Gasteiger partial charge in [-0.3, -0.25) is 9.79 Å². The molecule has 1 heterocycles. The first-order valence-corrected chi connectivity index (χ1v) is 5.80. The minimum Gasteiger partial charge on any atom is -0.479 e. The van der Waals surface area contributed by atoms with Gasteiger partial charge in [0.05, 0.1) is 12.8 Å². The molecule has 1 aromatic rings. The van der Waals surface area contributed by atoms with Crippen LogP contribution in [0.15, 0.2) is 29.0 Å². The molecule has 0 spiro atoms. The van der Waals surface area contributed by atoms with E-state index in [9.17, 15) is 4.79 Å². The van der Waals surface area contributed by atoms with Crippen molar-refractivity contribution in [3.8, 4) is 5.88 Å². The lowest BCUT2D eigenvalue weighted by Gasteiger charge is -2.21. The molecular weight excluding hydrogens is 244 g/mol. The quantitative estimate of drug-likeness (QED) is 0.789. The fraction of sp³-hybridized carbons (Fsp3) is 0.308. The van der Waals surface area contributed by atoms with E-state index in [4.69, 9.17) is 10.5 Å². The van der Waals surface area contributed by atoms with Crippen LogP contribution in [0.2, 0.25) is 0 Å². The van der Waals surface area contributed by atoms with Crippen molar-refractivity contribution in [2.45, 2.75) is 13.8 Å². The number of aromatic nitrogens is 1. The van der Waals surface area contributed by atoms with Crippen molar-refractivity contribution in [3.05, 3.63) is 29.7 Å². The third kappa shape index (κ3) is 3.54. The Bertz CT molecular complexity index is 511. The number of rotatable bonds is 6. The van der Waals surface area contributed by atoms with Crippen LogP contribution < -0.4 is 15.4 Å². The number of methoxy groups -OCH3 is 1. The maximum absolute atomic E-state index is 11.1. The molecule has 0 aromatic carbocycles. The Labute approximate surface area is 112 Å². The largest absolute Gasteiger partial charge is 0.479 e. The number of allylic oxidation sites excluding steroid dienone is 1. The van der Waals surface area contributed by atoms with E-state index >= 15 is 0 Å². The van der Waals surface area contributed by atoms with Gasteiger partial charge in [0.1, 0.15) is 11.4 Å². The predicted molar refractivity (Wildman–Crippen MR) is 75.6 cm³/mol. The molecule has 102 valence electrons. The summed E-state index contributed by atoms with van der Waals surface area (Å²) in [6.07, 6.45) is 1.83. The molecule has 1 rings (SSSR count). The Morgan fingerprint density at radius 1 is 1.63 bits per heavy atom. The third-order valence-electron chi connectivity index (χ3n) is 2.53. The van der Waals surface area contributed by atoms with Crippen molar-refractivity contribution < 1.29 is 9.53 Å². The molecule has 0 radical (unpaired) electrons. The highest BCUT2D eigenvalue weighted by Gasteiger charge is 2.13. The first-order valence-electron chi connectivity index (χ1n) is 5.80. The van der Waals surface area contributed by atoms with Crippen LogP contribution in [0.25, 0.3) is 0 Å². The van der Waals surface area contributed by atoms with Crippen LogP contribution in [-0.2, 0) is 0 Å². The van der Waals surface area contributed by atoms with Crippen molar-refractivity contribution in [2.75, 3.05) is 18.6 Å². The van der Waals surface area contributed by atoms with E-state index in [1.807, 2.05) is 24.9 Å². The number of nitrogens with zero attached hydrogens (tertiary/aromatic N) is 3. The lowest BCUT2D eigenvalue weighted by atomic mass is 10.3. The number of aliphatic imine (C=N–C) groups is 1. The molecular formula is C13H18N4O2. The Hall–Kier alpha value is -2.37. The van der Waals surface area contributed by atoms with Gasteiger partial charge >= 0.3 is 0 Å². The van der Waals surface area contributed by atoms with Crippen molar-refractivity contribution in [1.29, 1.82) is 0 Å². The summed E-state index contributed by atoms with van der Waals surface area (Å²) in [5, 5.41) is 0. The number of primary amides is 1. The lowest BCUT2D eigenvalue weighted by molar-refractivity contribution is 0.0995. The number of nitrogens with two attached hydrogens (primary N) is 1. The fourth-order valence-corrected chi connectivity index (χ4v) is 1.54. The zero-order chi connectivity index (χ0) is 14.4. The van der Waals surface area contributed by atoms with E-state index in [1.165, 1.54) is 7.11 Å². The predicted octanol–water partition coefficient (Wildman–Crippen LogP) is 1.58. The monoisotopic (exact) mass is 262 g/mol. The van der Waals surface area contributed by atoms with Gasteiger partial charge in [-0.2, -0.15) is 0 Å². The Morgan fingerprint density at radius 2 is 2.32 bits per heavy atom. The standard InChI is InChI=1S/C13H18N4O2/c1-5-17(8-9(2)15-3)11-7-6-10(12(14)18)16-13(11)19-4/h6-8H,3,5H2,1-2,4H3,(H2,14,18)/b9-8-.